The van der Waals surface area contributed by atoms with Gasteiger partial charge in [-0.3, -0.25) is 9.59 Å². The van der Waals surface area contributed by atoms with Gasteiger partial charge in [0.1, 0.15) is 17.3 Å². The number of hydrogen-bond donors (Lipinski definition) is 3. The van der Waals surface area contributed by atoms with Crippen LogP contribution >= 0.6 is 25.1 Å². The Kier molecular flexibility index (Phi) is 8.17. The van der Waals surface area contributed by atoms with Crippen molar-refractivity contribution in [3.63, 3.8) is 0 Å². The van der Waals surface area contributed by atoms with Gasteiger partial charge in [0.15, 0.2) is 0 Å². The third kappa shape index (κ3) is 4.85. The van der Waals surface area contributed by atoms with Crippen LogP contribution < -0.4 is 10.1 Å². The van der Waals surface area contributed by atoms with Gasteiger partial charge in [-0.2, -0.15) is 13.5 Å². The molecule has 2 aromatic carbocycles. The molecule has 3 aromatic rings. The van der Waals surface area contributed by atoms with Gasteiger partial charge in [-0.15, -0.1) is 0 Å². The molecule has 1 amide bonds. The van der Waals surface area contributed by atoms with Gasteiger partial charge in [0.25, 0.3) is 5.91 Å². The van der Waals surface area contributed by atoms with Crippen molar-refractivity contribution in [3.8, 4) is 5.75 Å². The quantitative estimate of drug-likeness (QED) is 0.478. The topological polar surface area (TPSA) is 101 Å². The van der Waals surface area contributed by atoms with E-state index in [1.807, 2.05) is 6.92 Å². The summed E-state index contributed by atoms with van der Waals surface area (Å²) in [6, 6.07) is 6.28. The van der Waals surface area contributed by atoms with E-state index in [0.29, 0.717) is 21.7 Å². The molecule has 0 fully saturated rings. The lowest BCUT2D eigenvalue weighted by Crippen LogP contribution is -2.32. The average molecular weight is 483 g/mol. The van der Waals surface area contributed by atoms with E-state index in [1.165, 1.54) is 19.2 Å². The molecule has 10 heteroatoms. The molecule has 0 aliphatic carbocycles. The summed E-state index contributed by atoms with van der Waals surface area (Å²) in [5, 5.41) is 22.3. The Morgan fingerprint density at radius 1 is 1.28 bits per heavy atom. The lowest BCUT2D eigenvalue weighted by Gasteiger charge is -2.18. The second-order valence-electron chi connectivity index (χ2n) is 7.17. The van der Waals surface area contributed by atoms with E-state index in [1.54, 1.807) is 23.7 Å². The Morgan fingerprint density at radius 2 is 1.97 bits per heavy atom. The van der Waals surface area contributed by atoms with E-state index in [2.05, 4.69) is 5.32 Å². The number of methoxy groups -OCH3 is 1. The van der Waals surface area contributed by atoms with Gasteiger partial charge < -0.3 is 24.8 Å². The van der Waals surface area contributed by atoms with Crippen LogP contribution in [0.3, 0.4) is 0 Å². The molecule has 0 bridgehead atoms. The zero-order valence-corrected chi connectivity index (χ0v) is 19.5. The van der Waals surface area contributed by atoms with Crippen LogP contribution in [-0.2, 0) is 18.3 Å². The van der Waals surface area contributed by atoms with Crippen molar-refractivity contribution >= 4 is 47.9 Å². The van der Waals surface area contributed by atoms with Crippen LogP contribution in [0.15, 0.2) is 30.3 Å². The van der Waals surface area contributed by atoms with Crippen LogP contribution in [0.2, 0.25) is 5.02 Å². The molecule has 0 spiro atoms. The summed E-state index contributed by atoms with van der Waals surface area (Å²) in [6.07, 6.45) is -0.326. The fraction of sp³-hybridized carbons (Fsp3) is 0.273. The van der Waals surface area contributed by atoms with Gasteiger partial charge in [-0.1, -0.05) is 23.7 Å². The monoisotopic (exact) mass is 482 g/mol. The normalized spacial score (nSPS) is 11.7. The third-order valence-electron chi connectivity index (χ3n) is 5.22. The number of carboxylic acid groups (broad SMARTS) is 1. The summed E-state index contributed by atoms with van der Waals surface area (Å²) in [6.45, 7) is 1.27. The predicted octanol–water partition coefficient (Wildman–Crippen LogP) is 3.49. The van der Waals surface area contributed by atoms with Crippen LogP contribution in [0, 0.1) is 12.7 Å². The van der Waals surface area contributed by atoms with Crippen molar-refractivity contribution in [1.29, 1.82) is 0 Å². The number of aryl methyl sites for hydroxylation is 1. The van der Waals surface area contributed by atoms with Gasteiger partial charge in [0, 0.05) is 29.6 Å². The average Bonchev–Trinajstić information content (AvgIpc) is 3.05. The zero-order valence-electron chi connectivity index (χ0n) is 17.7. The molecule has 3 rings (SSSR count). The minimum atomic E-state index is -1.08. The van der Waals surface area contributed by atoms with Gasteiger partial charge in [-0.05, 0) is 24.6 Å². The van der Waals surface area contributed by atoms with Crippen LogP contribution in [0.5, 0.6) is 5.75 Å². The lowest BCUT2D eigenvalue weighted by atomic mass is 10.0. The van der Waals surface area contributed by atoms with Crippen molar-refractivity contribution < 1.29 is 28.9 Å². The number of carbonyl (C=O) groups excluding carboxylic acids is 1. The smallest absolute Gasteiger partial charge is 0.307 e. The molecule has 0 saturated carbocycles. The van der Waals surface area contributed by atoms with E-state index < -0.39 is 30.3 Å². The van der Waals surface area contributed by atoms with E-state index >= 15 is 0 Å². The molecule has 0 unspecified atom stereocenters. The molecular formula is C22H24ClFN2O5S. The second kappa shape index (κ2) is 10.2. The fourth-order valence-electron chi connectivity index (χ4n) is 3.53. The Morgan fingerprint density at radius 3 is 2.53 bits per heavy atom. The third-order valence-corrected chi connectivity index (χ3v) is 5.71. The first kappa shape index (κ1) is 25.5. The highest BCUT2D eigenvalue weighted by atomic mass is 35.5. The summed E-state index contributed by atoms with van der Waals surface area (Å²) in [5.41, 5.74) is 2.03. The summed E-state index contributed by atoms with van der Waals surface area (Å²) < 4.78 is 21.5. The summed E-state index contributed by atoms with van der Waals surface area (Å²) in [5.74, 6) is -1.74. The molecule has 3 N–H and O–H groups in total. The molecular weight excluding hydrogens is 459 g/mol. The van der Waals surface area contributed by atoms with Crippen LogP contribution in [0.25, 0.3) is 10.9 Å². The number of halogens is 2. The summed E-state index contributed by atoms with van der Waals surface area (Å²) in [7, 11) is 3.22. The number of aliphatic hydroxyl groups is 1. The number of hydrogen-bond acceptors (Lipinski definition) is 4. The highest BCUT2D eigenvalue weighted by molar-refractivity contribution is 7.59. The van der Waals surface area contributed by atoms with Crippen molar-refractivity contribution in [3.05, 3.63) is 63.6 Å². The highest BCUT2D eigenvalue weighted by Gasteiger charge is 2.23. The molecule has 0 radical (unpaired) electrons. The Labute approximate surface area is 196 Å². The lowest BCUT2D eigenvalue weighted by molar-refractivity contribution is -0.136. The van der Waals surface area contributed by atoms with Crippen molar-refractivity contribution in [1.82, 2.24) is 9.88 Å². The molecule has 1 atom stereocenters. The highest BCUT2D eigenvalue weighted by Crippen LogP contribution is 2.35. The molecule has 7 nitrogen and oxygen atoms in total. The van der Waals surface area contributed by atoms with Gasteiger partial charge >= 0.3 is 5.97 Å². The SMILES string of the molecule is COc1cc2c(cc(C(=O)N[C@H](CO)c3ccc(CC(=O)O)cc3F)n2C)c(Cl)c1C.S. The molecule has 1 aromatic heterocycles. The minimum absolute atomic E-state index is 0. The van der Waals surface area contributed by atoms with Crippen LogP contribution in [0.4, 0.5) is 4.39 Å². The van der Waals surface area contributed by atoms with Crippen molar-refractivity contribution in [2.24, 2.45) is 7.05 Å². The largest absolute Gasteiger partial charge is 0.496 e. The number of ether oxygens (including phenoxy) is 1. The van der Waals surface area contributed by atoms with E-state index in [4.69, 9.17) is 21.4 Å². The van der Waals surface area contributed by atoms with E-state index in [0.717, 1.165) is 11.6 Å². The maximum atomic E-state index is 14.5. The molecule has 172 valence electrons. The number of carboxylic acids is 1. The Hall–Kier alpha value is -2.75. The fourth-order valence-corrected chi connectivity index (χ4v) is 3.78. The summed E-state index contributed by atoms with van der Waals surface area (Å²) >= 11 is 6.44. The standard InChI is InChI=1S/C22H22ClFN2O5.H2S/c1-11-19(31-3)9-17-14(21(11)23)8-18(26(17)2)22(30)25-16(10-27)13-5-4-12(6-15(13)24)7-20(28)29;/h4-6,8-9,16,27H,7,10H2,1-3H3,(H,25,30)(H,28,29);1H2/t16-;/m1./s1. The van der Waals surface area contributed by atoms with E-state index in [9.17, 15) is 19.1 Å². The first-order valence-corrected chi connectivity index (χ1v) is 9.80. The molecule has 0 aliphatic heterocycles. The maximum Gasteiger partial charge on any atom is 0.307 e. The Balaban J connectivity index is 0.00000363. The van der Waals surface area contributed by atoms with Gasteiger partial charge in [-0.25, -0.2) is 4.39 Å². The first-order valence-electron chi connectivity index (χ1n) is 9.42. The van der Waals surface area contributed by atoms with Gasteiger partial charge in [0.2, 0.25) is 0 Å². The number of carbonyl (C=O) groups is 2. The number of fused-ring (bicyclic) bond motifs is 1. The number of aromatic nitrogens is 1. The van der Waals surface area contributed by atoms with Crippen molar-refractivity contribution in [2.45, 2.75) is 19.4 Å². The Bertz CT molecular complexity index is 1180. The first-order chi connectivity index (χ1) is 14.7. The minimum Gasteiger partial charge on any atom is -0.496 e. The molecule has 32 heavy (non-hydrogen) atoms. The number of nitrogens with one attached hydrogen (secondary N) is 1. The number of benzene rings is 2. The zero-order chi connectivity index (χ0) is 22.9. The van der Waals surface area contributed by atoms with Crippen LogP contribution in [0.1, 0.15) is 33.2 Å². The molecule has 0 aliphatic rings. The number of rotatable bonds is 7. The number of aliphatic carboxylic acids is 1. The number of nitrogens with zero attached hydrogens (tertiary/aromatic N) is 1. The van der Waals surface area contributed by atoms with E-state index in [-0.39, 0.29) is 36.7 Å². The summed E-state index contributed by atoms with van der Waals surface area (Å²) in [4.78, 5) is 23.7. The second-order valence-corrected chi connectivity index (χ2v) is 7.55. The maximum absolute atomic E-state index is 14.5. The van der Waals surface area contributed by atoms with Gasteiger partial charge in [0.05, 0.1) is 36.7 Å². The number of amides is 1. The predicted molar refractivity (Wildman–Crippen MR) is 125 cm³/mol. The van der Waals surface area contributed by atoms with Crippen molar-refractivity contribution in [2.75, 3.05) is 13.7 Å². The molecule has 0 saturated heterocycles. The molecule has 1 heterocycles. The van der Waals surface area contributed by atoms with Crippen LogP contribution in [-0.4, -0.2) is 40.4 Å². The number of aliphatic hydroxyl groups excluding tert-OH is 1.